The maximum atomic E-state index is 12.4. The summed E-state index contributed by atoms with van der Waals surface area (Å²) in [6.45, 7) is 5.00. The van der Waals surface area contributed by atoms with Crippen molar-refractivity contribution in [2.45, 2.75) is 64.0 Å². The Morgan fingerprint density at radius 3 is 2.43 bits per heavy atom. The number of rotatable bonds is 5. The summed E-state index contributed by atoms with van der Waals surface area (Å²) in [5.41, 5.74) is 0. The van der Waals surface area contributed by atoms with Gasteiger partial charge in [-0.2, -0.15) is 0 Å². The zero-order chi connectivity index (χ0) is 15.2. The van der Waals surface area contributed by atoms with Crippen molar-refractivity contribution >= 4 is 5.91 Å². The third kappa shape index (κ3) is 5.26. The molecule has 0 aromatic heterocycles. The summed E-state index contributed by atoms with van der Waals surface area (Å²) in [6.07, 6.45) is 8.75. The normalized spacial score (nSPS) is 30.4. The predicted molar refractivity (Wildman–Crippen MR) is 87.3 cm³/mol. The molecule has 0 radical (unpaired) electrons. The summed E-state index contributed by atoms with van der Waals surface area (Å²) in [5, 5.41) is 3.55. The molecule has 2 rings (SSSR count). The van der Waals surface area contributed by atoms with Crippen molar-refractivity contribution < 1.29 is 4.79 Å². The van der Waals surface area contributed by atoms with Crippen LogP contribution in [0.2, 0.25) is 0 Å². The number of nitrogens with one attached hydrogen (secondary N) is 1. The molecule has 1 aliphatic heterocycles. The highest BCUT2D eigenvalue weighted by molar-refractivity contribution is 5.78. The number of hydrogen-bond acceptors (Lipinski definition) is 3. The topological polar surface area (TPSA) is 35.6 Å². The van der Waals surface area contributed by atoms with E-state index in [0.717, 1.165) is 19.0 Å². The molecule has 4 nitrogen and oxygen atoms in total. The lowest BCUT2D eigenvalue weighted by atomic mass is 9.87. The highest BCUT2D eigenvalue weighted by Gasteiger charge is 2.25. The van der Waals surface area contributed by atoms with Crippen molar-refractivity contribution in [3.8, 4) is 0 Å². The highest BCUT2D eigenvalue weighted by atomic mass is 16.2. The molecule has 21 heavy (non-hydrogen) atoms. The molecular weight excluding hydrogens is 262 g/mol. The molecule has 0 aromatic carbocycles. The van der Waals surface area contributed by atoms with E-state index in [1.165, 1.54) is 44.9 Å². The first-order valence-electron chi connectivity index (χ1n) is 8.74. The molecule has 1 heterocycles. The number of carbonyl (C=O) groups excluding carboxylic acids is 1. The Kier molecular flexibility index (Phi) is 6.49. The third-order valence-corrected chi connectivity index (χ3v) is 5.28. The second-order valence-corrected chi connectivity index (χ2v) is 7.26. The molecule has 1 aliphatic carbocycles. The molecule has 4 heteroatoms. The molecule has 1 N–H and O–H groups in total. The second kappa shape index (κ2) is 8.14. The van der Waals surface area contributed by atoms with E-state index in [1.54, 1.807) is 0 Å². The molecular formula is C17H33N3O. The van der Waals surface area contributed by atoms with Gasteiger partial charge in [-0.25, -0.2) is 0 Å². The van der Waals surface area contributed by atoms with E-state index in [9.17, 15) is 4.79 Å². The number of hydrogen-bond donors (Lipinski definition) is 1. The molecule has 2 aliphatic rings. The van der Waals surface area contributed by atoms with Crippen LogP contribution in [0.15, 0.2) is 0 Å². The van der Waals surface area contributed by atoms with Crippen LogP contribution in [0.1, 0.15) is 51.9 Å². The van der Waals surface area contributed by atoms with Gasteiger partial charge >= 0.3 is 0 Å². The lowest BCUT2D eigenvalue weighted by molar-refractivity contribution is -0.133. The number of nitrogens with zero attached hydrogens (tertiary/aromatic N) is 2. The van der Waals surface area contributed by atoms with Crippen LogP contribution in [0.5, 0.6) is 0 Å². The minimum absolute atomic E-state index is 0.285. The van der Waals surface area contributed by atoms with E-state index >= 15 is 0 Å². The van der Waals surface area contributed by atoms with Gasteiger partial charge in [0.15, 0.2) is 0 Å². The summed E-state index contributed by atoms with van der Waals surface area (Å²) in [5.74, 6) is 1.12. The molecule has 1 atom stereocenters. The second-order valence-electron chi connectivity index (χ2n) is 7.26. The molecule has 0 aromatic rings. The van der Waals surface area contributed by atoms with Crippen LogP contribution in [-0.2, 0) is 4.79 Å². The van der Waals surface area contributed by atoms with E-state index < -0.39 is 0 Å². The Bertz CT molecular complexity index is 320. The van der Waals surface area contributed by atoms with Gasteiger partial charge in [0.1, 0.15) is 0 Å². The Morgan fingerprint density at radius 1 is 1.10 bits per heavy atom. The molecule has 2 fully saturated rings. The number of piperidine rings is 1. The summed E-state index contributed by atoms with van der Waals surface area (Å²) < 4.78 is 0. The van der Waals surface area contributed by atoms with Crippen molar-refractivity contribution in [1.29, 1.82) is 0 Å². The average molecular weight is 295 g/mol. The summed E-state index contributed by atoms with van der Waals surface area (Å²) >= 11 is 0. The van der Waals surface area contributed by atoms with Crippen molar-refractivity contribution in [2.24, 2.45) is 5.92 Å². The Morgan fingerprint density at radius 2 is 1.81 bits per heavy atom. The van der Waals surface area contributed by atoms with E-state index in [0.29, 0.717) is 18.6 Å². The van der Waals surface area contributed by atoms with Crippen LogP contribution in [0.4, 0.5) is 0 Å². The van der Waals surface area contributed by atoms with Crippen LogP contribution in [-0.4, -0.2) is 61.5 Å². The Balaban J connectivity index is 1.71. The largest absolute Gasteiger partial charge is 0.342 e. The molecule has 1 amide bonds. The van der Waals surface area contributed by atoms with E-state index in [4.69, 9.17) is 0 Å². The lowest BCUT2D eigenvalue weighted by Crippen LogP contribution is -2.47. The zero-order valence-corrected chi connectivity index (χ0v) is 14.1. The fraction of sp³-hybridized carbons (Fsp3) is 0.941. The smallest absolute Gasteiger partial charge is 0.236 e. The number of carbonyl (C=O) groups is 1. The van der Waals surface area contributed by atoms with Crippen LogP contribution >= 0.6 is 0 Å². The maximum Gasteiger partial charge on any atom is 0.236 e. The average Bonchev–Trinajstić information content (AvgIpc) is 2.48. The molecule has 1 saturated heterocycles. The van der Waals surface area contributed by atoms with Crippen molar-refractivity contribution in [3.05, 3.63) is 0 Å². The van der Waals surface area contributed by atoms with Crippen molar-refractivity contribution in [1.82, 2.24) is 15.1 Å². The first-order valence-corrected chi connectivity index (χ1v) is 8.74. The third-order valence-electron chi connectivity index (χ3n) is 5.28. The van der Waals surface area contributed by atoms with Gasteiger partial charge in [0.2, 0.25) is 5.91 Å². The summed E-state index contributed by atoms with van der Waals surface area (Å²) in [6, 6.07) is 1.03. The van der Waals surface area contributed by atoms with Gasteiger partial charge < -0.3 is 10.2 Å². The van der Waals surface area contributed by atoms with E-state index in [2.05, 4.69) is 24.2 Å². The van der Waals surface area contributed by atoms with Crippen LogP contribution in [0.3, 0.4) is 0 Å². The van der Waals surface area contributed by atoms with Gasteiger partial charge in [-0.05, 0) is 58.0 Å². The zero-order valence-electron chi connectivity index (χ0n) is 14.1. The Hall–Kier alpha value is -0.610. The fourth-order valence-electron chi connectivity index (χ4n) is 3.70. The van der Waals surface area contributed by atoms with Crippen LogP contribution in [0.25, 0.3) is 0 Å². The molecule has 1 saturated carbocycles. The minimum atomic E-state index is 0.285. The monoisotopic (exact) mass is 295 g/mol. The van der Waals surface area contributed by atoms with Gasteiger partial charge in [-0.1, -0.05) is 13.3 Å². The summed E-state index contributed by atoms with van der Waals surface area (Å²) in [4.78, 5) is 16.6. The quantitative estimate of drug-likeness (QED) is 0.844. The molecule has 1 unspecified atom stereocenters. The molecule has 0 bridgehead atoms. The van der Waals surface area contributed by atoms with Gasteiger partial charge in [-0.3, -0.25) is 9.69 Å². The standard InChI is InChI=1S/C17H33N3O/c1-14-7-9-16(10-8-14)20(3)17(21)13-19(2)12-15-6-4-5-11-18-15/h14-16,18H,4-13H2,1-3H3. The van der Waals surface area contributed by atoms with Gasteiger partial charge in [-0.15, -0.1) is 0 Å². The molecule has 0 spiro atoms. The van der Waals surface area contributed by atoms with E-state index in [1.807, 2.05) is 11.9 Å². The number of amides is 1. The lowest BCUT2D eigenvalue weighted by Gasteiger charge is -2.35. The van der Waals surface area contributed by atoms with Gasteiger partial charge in [0.25, 0.3) is 0 Å². The fourth-order valence-corrected chi connectivity index (χ4v) is 3.70. The first-order chi connectivity index (χ1) is 10.1. The van der Waals surface area contributed by atoms with Gasteiger partial charge in [0.05, 0.1) is 6.54 Å². The van der Waals surface area contributed by atoms with Crippen molar-refractivity contribution in [2.75, 3.05) is 33.7 Å². The van der Waals surface area contributed by atoms with Gasteiger partial charge in [0, 0.05) is 25.7 Å². The predicted octanol–water partition coefficient (Wildman–Crippen LogP) is 2.10. The van der Waals surface area contributed by atoms with Crippen LogP contribution in [0, 0.1) is 5.92 Å². The highest BCUT2D eigenvalue weighted by Crippen LogP contribution is 2.26. The SMILES string of the molecule is CC1CCC(N(C)C(=O)CN(C)CC2CCCCN2)CC1. The number of likely N-dealkylation sites (N-methyl/N-ethyl adjacent to an activating group) is 2. The Labute approximate surface area is 130 Å². The van der Waals surface area contributed by atoms with E-state index in [-0.39, 0.29) is 5.91 Å². The maximum absolute atomic E-state index is 12.4. The minimum Gasteiger partial charge on any atom is -0.342 e. The van der Waals surface area contributed by atoms with Crippen LogP contribution < -0.4 is 5.32 Å². The summed E-state index contributed by atoms with van der Waals surface area (Å²) in [7, 11) is 4.07. The molecule has 122 valence electrons. The van der Waals surface area contributed by atoms with Crippen molar-refractivity contribution in [3.63, 3.8) is 0 Å². The first kappa shape index (κ1) is 16.8.